The lowest BCUT2D eigenvalue weighted by molar-refractivity contribution is -0.116. The van der Waals surface area contributed by atoms with Crippen molar-refractivity contribution in [1.29, 1.82) is 0 Å². The molecule has 146 valence electrons. The molecule has 0 fully saturated rings. The minimum atomic E-state index is 0.00118. The molecule has 0 spiro atoms. The van der Waals surface area contributed by atoms with Crippen molar-refractivity contribution in [3.8, 4) is 11.5 Å². The molecule has 1 N–H and O–H groups in total. The summed E-state index contributed by atoms with van der Waals surface area (Å²) in [6.07, 6.45) is 1.06. The number of nitrogens with zero attached hydrogens (tertiary/aromatic N) is 1. The summed E-state index contributed by atoms with van der Waals surface area (Å²) in [5.74, 6) is 1.37. The van der Waals surface area contributed by atoms with Gasteiger partial charge in [-0.15, -0.1) is 0 Å². The second-order valence-electron chi connectivity index (χ2n) is 6.40. The molecule has 0 heterocycles. The van der Waals surface area contributed by atoms with Crippen LogP contribution in [0.25, 0.3) is 0 Å². The Bertz CT molecular complexity index is 725. The molecule has 0 saturated heterocycles. The third-order valence-electron chi connectivity index (χ3n) is 4.63. The molecular weight excluding hydrogens is 340 g/mol. The normalized spacial score (nSPS) is 10.7. The van der Waals surface area contributed by atoms with E-state index in [-0.39, 0.29) is 5.91 Å². The fourth-order valence-corrected chi connectivity index (χ4v) is 2.92. The van der Waals surface area contributed by atoms with Crippen LogP contribution in [0, 0.1) is 0 Å². The maximum absolute atomic E-state index is 12.2. The van der Waals surface area contributed by atoms with Crippen LogP contribution in [-0.2, 0) is 17.8 Å². The molecule has 0 aliphatic carbocycles. The predicted octanol–water partition coefficient (Wildman–Crippen LogP) is 4.12. The van der Waals surface area contributed by atoms with Crippen molar-refractivity contribution in [3.63, 3.8) is 0 Å². The monoisotopic (exact) mass is 370 g/mol. The summed E-state index contributed by atoms with van der Waals surface area (Å²) in [6.45, 7) is 7.32. The molecule has 0 bridgehead atoms. The van der Waals surface area contributed by atoms with Gasteiger partial charge in [-0.3, -0.25) is 9.69 Å². The van der Waals surface area contributed by atoms with Gasteiger partial charge >= 0.3 is 0 Å². The number of hydrogen-bond acceptors (Lipinski definition) is 4. The lowest BCUT2D eigenvalue weighted by Gasteiger charge is -2.18. The van der Waals surface area contributed by atoms with Gasteiger partial charge in [0.1, 0.15) is 0 Å². The number of anilines is 1. The van der Waals surface area contributed by atoms with Crippen molar-refractivity contribution < 1.29 is 14.3 Å². The highest BCUT2D eigenvalue weighted by Gasteiger charge is 2.08. The van der Waals surface area contributed by atoms with Crippen molar-refractivity contribution >= 4 is 11.6 Å². The molecular formula is C22H30N2O3. The van der Waals surface area contributed by atoms with Gasteiger partial charge in [0.05, 0.1) is 14.2 Å². The number of rotatable bonds is 10. The van der Waals surface area contributed by atoms with Crippen molar-refractivity contribution in [2.24, 2.45) is 0 Å². The van der Waals surface area contributed by atoms with Gasteiger partial charge in [0.15, 0.2) is 11.5 Å². The molecule has 0 radical (unpaired) electrons. The number of amides is 1. The highest BCUT2D eigenvalue weighted by atomic mass is 16.5. The first-order chi connectivity index (χ1) is 13.1. The summed E-state index contributed by atoms with van der Waals surface area (Å²) < 4.78 is 10.5. The van der Waals surface area contributed by atoms with E-state index in [1.54, 1.807) is 14.2 Å². The molecule has 2 aromatic carbocycles. The Morgan fingerprint density at radius 2 is 1.56 bits per heavy atom. The standard InChI is InChI=1S/C22H30N2O3/c1-5-24(6-2)16-18-7-11-19(12-8-18)23-22(25)14-10-17-9-13-20(26-3)21(15-17)27-4/h7-9,11-13,15H,5-6,10,14,16H2,1-4H3,(H,23,25). The van der Waals surface area contributed by atoms with E-state index in [1.165, 1.54) is 5.56 Å². The zero-order chi connectivity index (χ0) is 19.6. The summed E-state index contributed by atoms with van der Waals surface area (Å²) in [4.78, 5) is 14.6. The third kappa shape index (κ3) is 6.29. The Hall–Kier alpha value is -2.53. The largest absolute Gasteiger partial charge is 0.493 e. The van der Waals surface area contributed by atoms with Crippen molar-refractivity contribution in [2.45, 2.75) is 33.2 Å². The Morgan fingerprint density at radius 3 is 2.15 bits per heavy atom. The number of carbonyl (C=O) groups is 1. The van der Waals surface area contributed by atoms with Gasteiger partial charge in [-0.05, 0) is 54.9 Å². The van der Waals surface area contributed by atoms with Crippen LogP contribution in [0.5, 0.6) is 11.5 Å². The van der Waals surface area contributed by atoms with Crippen LogP contribution in [0.15, 0.2) is 42.5 Å². The molecule has 27 heavy (non-hydrogen) atoms. The number of aryl methyl sites for hydroxylation is 1. The maximum Gasteiger partial charge on any atom is 0.224 e. The highest BCUT2D eigenvalue weighted by molar-refractivity contribution is 5.90. The van der Waals surface area contributed by atoms with Gasteiger partial charge in [0.25, 0.3) is 0 Å². The molecule has 5 nitrogen and oxygen atoms in total. The molecule has 2 aromatic rings. The van der Waals surface area contributed by atoms with Crippen molar-refractivity contribution in [3.05, 3.63) is 53.6 Å². The number of benzene rings is 2. The lowest BCUT2D eigenvalue weighted by atomic mass is 10.1. The first kappa shape index (κ1) is 20.8. The van der Waals surface area contributed by atoms with Crippen molar-refractivity contribution in [2.75, 3.05) is 32.6 Å². The second-order valence-corrected chi connectivity index (χ2v) is 6.40. The van der Waals surface area contributed by atoms with Gasteiger partial charge < -0.3 is 14.8 Å². The molecule has 0 aliphatic rings. The molecule has 5 heteroatoms. The van der Waals surface area contributed by atoms with Crippen LogP contribution in [0.4, 0.5) is 5.69 Å². The van der Waals surface area contributed by atoms with Gasteiger partial charge in [-0.2, -0.15) is 0 Å². The minimum Gasteiger partial charge on any atom is -0.493 e. The summed E-state index contributed by atoms with van der Waals surface area (Å²) in [5.41, 5.74) is 3.12. The fraction of sp³-hybridized carbons (Fsp3) is 0.409. The lowest BCUT2D eigenvalue weighted by Crippen LogP contribution is -2.22. The van der Waals surface area contributed by atoms with Gasteiger partial charge in [0, 0.05) is 18.7 Å². The fourth-order valence-electron chi connectivity index (χ4n) is 2.92. The van der Waals surface area contributed by atoms with Crippen LogP contribution in [0.2, 0.25) is 0 Å². The maximum atomic E-state index is 12.2. The predicted molar refractivity (Wildman–Crippen MR) is 110 cm³/mol. The first-order valence-corrected chi connectivity index (χ1v) is 9.41. The SMILES string of the molecule is CCN(CC)Cc1ccc(NC(=O)CCc2ccc(OC)c(OC)c2)cc1. The van der Waals surface area contributed by atoms with E-state index in [9.17, 15) is 4.79 Å². The topological polar surface area (TPSA) is 50.8 Å². The summed E-state index contributed by atoms with van der Waals surface area (Å²) >= 11 is 0. The number of ether oxygens (including phenoxy) is 2. The summed E-state index contributed by atoms with van der Waals surface area (Å²) in [7, 11) is 3.22. The zero-order valence-electron chi connectivity index (χ0n) is 16.7. The van der Waals surface area contributed by atoms with E-state index in [0.717, 1.165) is 30.9 Å². The second kappa shape index (κ2) is 10.6. The van der Waals surface area contributed by atoms with E-state index in [0.29, 0.717) is 24.3 Å². The van der Waals surface area contributed by atoms with Crippen LogP contribution in [-0.4, -0.2) is 38.1 Å². The summed E-state index contributed by atoms with van der Waals surface area (Å²) in [5, 5.41) is 2.96. The Morgan fingerprint density at radius 1 is 0.926 bits per heavy atom. The van der Waals surface area contributed by atoms with Crippen molar-refractivity contribution in [1.82, 2.24) is 4.90 Å². The molecule has 0 aromatic heterocycles. The minimum absolute atomic E-state index is 0.00118. The van der Waals surface area contributed by atoms with E-state index in [4.69, 9.17) is 9.47 Å². The molecule has 2 rings (SSSR count). The average molecular weight is 370 g/mol. The highest BCUT2D eigenvalue weighted by Crippen LogP contribution is 2.28. The first-order valence-electron chi connectivity index (χ1n) is 9.41. The zero-order valence-corrected chi connectivity index (χ0v) is 16.7. The Kier molecular flexibility index (Phi) is 8.14. The number of nitrogens with one attached hydrogen (secondary N) is 1. The molecule has 0 atom stereocenters. The molecule has 0 unspecified atom stereocenters. The van der Waals surface area contributed by atoms with Gasteiger partial charge in [-0.1, -0.05) is 32.0 Å². The number of hydrogen-bond donors (Lipinski definition) is 1. The van der Waals surface area contributed by atoms with E-state index in [1.807, 2.05) is 30.3 Å². The Labute approximate surface area is 162 Å². The number of methoxy groups -OCH3 is 2. The average Bonchev–Trinajstić information content (AvgIpc) is 2.71. The van der Waals surface area contributed by atoms with Gasteiger partial charge in [0.2, 0.25) is 5.91 Å². The van der Waals surface area contributed by atoms with E-state index in [2.05, 4.69) is 36.2 Å². The molecule has 0 saturated carbocycles. The van der Waals surface area contributed by atoms with Crippen LogP contribution in [0.1, 0.15) is 31.4 Å². The van der Waals surface area contributed by atoms with E-state index < -0.39 is 0 Å². The quantitative estimate of drug-likeness (QED) is 0.684. The Balaban J connectivity index is 1.87. The van der Waals surface area contributed by atoms with E-state index >= 15 is 0 Å². The van der Waals surface area contributed by atoms with Crippen LogP contribution >= 0.6 is 0 Å². The van der Waals surface area contributed by atoms with Gasteiger partial charge in [-0.25, -0.2) is 0 Å². The van der Waals surface area contributed by atoms with Crippen LogP contribution in [0.3, 0.4) is 0 Å². The van der Waals surface area contributed by atoms with Crippen LogP contribution < -0.4 is 14.8 Å². The smallest absolute Gasteiger partial charge is 0.224 e. The summed E-state index contributed by atoms with van der Waals surface area (Å²) in [6, 6.07) is 13.8. The third-order valence-corrected chi connectivity index (χ3v) is 4.63. The molecule has 1 amide bonds. The molecule has 0 aliphatic heterocycles. The number of carbonyl (C=O) groups excluding carboxylic acids is 1.